The van der Waals surface area contributed by atoms with Gasteiger partial charge in [0.15, 0.2) is 0 Å². The zero-order chi connectivity index (χ0) is 32.8. The molecule has 1 saturated heterocycles. The number of nitrogens with one attached hydrogen (secondary N) is 2. The number of amides is 1. The normalized spacial score (nSPS) is 19.6. The number of carboxylic acids is 1. The van der Waals surface area contributed by atoms with Crippen LogP contribution in [0.1, 0.15) is 61.1 Å². The quantitative estimate of drug-likeness (QED) is 0.190. The van der Waals surface area contributed by atoms with Gasteiger partial charge in [-0.3, -0.25) is 14.8 Å². The highest BCUT2D eigenvalue weighted by Crippen LogP contribution is 2.30. The zero-order valence-electron chi connectivity index (χ0n) is 25.5. The lowest BCUT2D eigenvalue weighted by Gasteiger charge is -2.39. The molecule has 0 unspecified atom stereocenters. The van der Waals surface area contributed by atoms with Crippen LogP contribution in [0.15, 0.2) is 84.6 Å². The Hall–Kier alpha value is -4.96. The van der Waals surface area contributed by atoms with E-state index in [1.807, 2.05) is 48.5 Å². The number of aromatic amines is 1. The van der Waals surface area contributed by atoms with Crippen LogP contribution in [0, 0.1) is 0 Å². The van der Waals surface area contributed by atoms with Crippen molar-refractivity contribution < 1.29 is 27.9 Å². The molecule has 1 aromatic heterocycles. The zero-order valence-corrected chi connectivity index (χ0v) is 25.5. The molecule has 2 aliphatic heterocycles. The van der Waals surface area contributed by atoms with Crippen LogP contribution >= 0.6 is 0 Å². The minimum absolute atomic E-state index is 0.0897. The highest BCUT2D eigenvalue weighted by molar-refractivity contribution is 6.17. The minimum atomic E-state index is -5.08. The molecule has 0 radical (unpaired) electrons. The second-order valence-corrected chi connectivity index (χ2v) is 11.5. The van der Waals surface area contributed by atoms with Gasteiger partial charge in [0, 0.05) is 41.4 Å². The summed E-state index contributed by atoms with van der Waals surface area (Å²) in [6.07, 6.45) is 6.73. The number of halogens is 3. The molecule has 10 heteroatoms. The molecule has 2 aliphatic rings. The van der Waals surface area contributed by atoms with E-state index in [9.17, 15) is 18.0 Å². The second kappa shape index (κ2) is 14.0. The van der Waals surface area contributed by atoms with Gasteiger partial charge in [0.25, 0.3) is 5.91 Å². The molecule has 46 heavy (non-hydrogen) atoms. The molecule has 0 saturated carbocycles. The Balaban J connectivity index is 0.000000537. The number of piperidine rings is 1. The maximum Gasteiger partial charge on any atom is 0.490 e. The molecule has 0 aliphatic carbocycles. The summed E-state index contributed by atoms with van der Waals surface area (Å²) in [5, 5.41) is 18.7. The van der Waals surface area contributed by atoms with Crippen LogP contribution in [0.25, 0.3) is 34.7 Å². The van der Waals surface area contributed by atoms with Crippen LogP contribution in [0.2, 0.25) is 0 Å². The maximum atomic E-state index is 12.5. The van der Waals surface area contributed by atoms with Gasteiger partial charge in [0.05, 0.1) is 11.2 Å². The SMILES string of the molecule is C[C@@H]1CCC[C@H](C)N1Cc1ccc(/C=C/c2n[nH]c3cc(C=C4C(=O)NC=C4c4ccccc4)ccc23)cc1.O=C(O)C(F)(F)F. The Bertz CT molecular complexity index is 1780. The van der Waals surface area contributed by atoms with Gasteiger partial charge in [0.1, 0.15) is 0 Å². The van der Waals surface area contributed by atoms with E-state index in [0.29, 0.717) is 17.7 Å². The van der Waals surface area contributed by atoms with Gasteiger partial charge in [-0.2, -0.15) is 18.3 Å². The summed E-state index contributed by atoms with van der Waals surface area (Å²) in [5.74, 6) is -2.85. The molecule has 1 fully saturated rings. The van der Waals surface area contributed by atoms with Gasteiger partial charge in [-0.25, -0.2) is 4.79 Å². The van der Waals surface area contributed by atoms with E-state index in [-0.39, 0.29) is 5.91 Å². The van der Waals surface area contributed by atoms with Gasteiger partial charge in [0.2, 0.25) is 0 Å². The van der Waals surface area contributed by atoms with Crippen molar-refractivity contribution >= 4 is 46.6 Å². The van der Waals surface area contributed by atoms with Crippen LogP contribution in [-0.4, -0.2) is 50.3 Å². The van der Waals surface area contributed by atoms with Crippen molar-refractivity contribution in [3.8, 4) is 0 Å². The van der Waals surface area contributed by atoms with Crippen LogP contribution < -0.4 is 5.32 Å². The summed E-state index contributed by atoms with van der Waals surface area (Å²) in [4.78, 5) is 24.1. The largest absolute Gasteiger partial charge is 0.490 e. The number of hydrogen-bond acceptors (Lipinski definition) is 4. The van der Waals surface area contributed by atoms with Crippen LogP contribution in [0.3, 0.4) is 0 Å². The average molecular weight is 629 g/mol. The molecule has 2 atom stereocenters. The predicted molar refractivity (Wildman–Crippen MR) is 174 cm³/mol. The summed E-state index contributed by atoms with van der Waals surface area (Å²) in [7, 11) is 0. The lowest BCUT2D eigenvalue weighted by Crippen LogP contribution is -2.42. The van der Waals surface area contributed by atoms with Gasteiger partial charge < -0.3 is 10.4 Å². The molecule has 1 amide bonds. The summed E-state index contributed by atoms with van der Waals surface area (Å²) < 4.78 is 31.7. The van der Waals surface area contributed by atoms with E-state index in [4.69, 9.17) is 9.90 Å². The van der Waals surface area contributed by atoms with Gasteiger partial charge in [-0.1, -0.05) is 73.2 Å². The Labute approximate surface area is 265 Å². The number of H-pyrrole nitrogens is 1. The molecule has 3 heterocycles. The monoisotopic (exact) mass is 628 g/mol. The molecule has 6 rings (SSSR count). The summed E-state index contributed by atoms with van der Waals surface area (Å²) >= 11 is 0. The fraction of sp³-hybridized carbons (Fsp3) is 0.250. The molecular weight excluding hydrogens is 593 g/mol. The lowest BCUT2D eigenvalue weighted by atomic mass is 9.96. The third-order valence-corrected chi connectivity index (χ3v) is 8.29. The van der Waals surface area contributed by atoms with Crippen molar-refractivity contribution in [1.82, 2.24) is 20.4 Å². The number of rotatable bonds is 6. The van der Waals surface area contributed by atoms with Crippen LogP contribution in [0.5, 0.6) is 0 Å². The van der Waals surface area contributed by atoms with E-state index in [1.165, 1.54) is 24.8 Å². The van der Waals surface area contributed by atoms with Gasteiger partial charge >= 0.3 is 12.1 Å². The van der Waals surface area contributed by atoms with Crippen molar-refractivity contribution in [2.45, 2.75) is 57.9 Å². The fourth-order valence-corrected chi connectivity index (χ4v) is 5.76. The number of benzene rings is 3. The second-order valence-electron chi connectivity index (χ2n) is 11.5. The number of nitrogens with zero attached hydrogens (tertiary/aromatic N) is 2. The van der Waals surface area contributed by atoms with Crippen molar-refractivity contribution in [3.05, 3.63) is 113 Å². The van der Waals surface area contributed by atoms with Crippen molar-refractivity contribution in [2.24, 2.45) is 0 Å². The molecular formula is C36H35F3N4O3. The first-order chi connectivity index (χ1) is 22.0. The molecule has 3 N–H and O–H groups in total. The highest BCUT2D eigenvalue weighted by Gasteiger charge is 2.38. The Morgan fingerprint density at radius 2 is 1.63 bits per heavy atom. The third-order valence-electron chi connectivity index (χ3n) is 8.29. The molecule has 7 nitrogen and oxygen atoms in total. The number of carbonyl (C=O) groups excluding carboxylic acids is 1. The fourth-order valence-electron chi connectivity index (χ4n) is 5.76. The number of likely N-dealkylation sites (tertiary alicyclic amines) is 1. The average Bonchev–Trinajstić information content (AvgIpc) is 3.61. The van der Waals surface area contributed by atoms with E-state index < -0.39 is 12.1 Å². The number of fused-ring (bicyclic) bond motifs is 1. The summed E-state index contributed by atoms with van der Waals surface area (Å²) in [5.41, 5.74) is 7.88. The molecule has 3 aromatic carbocycles. The standard InChI is InChI=1S/C34H34N4O.C2HF3O2/c1-23-7-6-8-24(2)38(23)22-26-13-11-25(12-14-26)16-18-32-29-17-15-27(20-33(29)37-36-32)19-30-31(21-35-34(30)39)28-9-4-3-5-10-28;3-2(4,5)1(6)7/h3-5,9-21,23-24H,6-8,22H2,1-2H3,(H,35,39)(H,36,37);(H,6,7)/b18-16+,30-19?;/t23-,24+;. The molecule has 238 valence electrons. The van der Waals surface area contributed by atoms with Crippen LogP contribution in [0.4, 0.5) is 13.2 Å². The Morgan fingerprint density at radius 3 is 2.28 bits per heavy atom. The van der Waals surface area contributed by atoms with Crippen molar-refractivity contribution in [3.63, 3.8) is 0 Å². The first kappa shape index (κ1) is 32.4. The minimum Gasteiger partial charge on any atom is -0.475 e. The van der Waals surface area contributed by atoms with Crippen LogP contribution in [-0.2, 0) is 16.1 Å². The smallest absolute Gasteiger partial charge is 0.475 e. The van der Waals surface area contributed by atoms with E-state index >= 15 is 0 Å². The predicted octanol–water partition coefficient (Wildman–Crippen LogP) is 7.68. The summed E-state index contributed by atoms with van der Waals surface area (Å²) in [6.45, 7) is 5.72. The van der Waals surface area contributed by atoms with E-state index in [1.54, 1.807) is 6.20 Å². The highest BCUT2D eigenvalue weighted by atomic mass is 19.4. The third kappa shape index (κ3) is 7.81. The lowest BCUT2D eigenvalue weighted by molar-refractivity contribution is -0.192. The molecule has 0 bridgehead atoms. The van der Waals surface area contributed by atoms with Crippen molar-refractivity contribution in [2.75, 3.05) is 0 Å². The number of carboxylic acid groups (broad SMARTS) is 1. The topological polar surface area (TPSA) is 98.3 Å². The number of aromatic nitrogens is 2. The van der Waals surface area contributed by atoms with E-state index in [2.05, 4.69) is 76.7 Å². The Kier molecular flexibility index (Phi) is 9.87. The van der Waals surface area contributed by atoms with Gasteiger partial charge in [-0.15, -0.1) is 0 Å². The molecule has 0 spiro atoms. The van der Waals surface area contributed by atoms with E-state index in [0.717, 1.165) is 45.4 Å². The molecule has 4 aromatic rings. The summed E-state index contributed by atoms with van der Waals surface area (Å²) in [6, 6.07) is 26.3. The van der Waals surface area contributed by atoms with Gasteiger partial charge in [-0.05, 0) is 73.2 Å². The first-order valence-electron chi connectivity index (χ1n) is 15.1. The van der Waals surface area contributed by atoms with Crippen molar-refractivity contribution in [1.29, 1.82) is 0 Å². The Morgan fingerprint density at radius 1 is 0.978 bits per heavy atom. The first-order valence-corrected chi connectivity index (χ1v) is 15.1. The number of alkyl halides is 3. The number of hydrogen-bond donors (Lipinski definition) is 3. The number of carbonyl (C=O) groups is 2. The maximum absolute atomic E-state index is 12.5. The number of aliphatic carboxylic acids is 1.